The number of nitrogens with one attached hydrogen (secondary N) is 1. The molecule has 1 fully saturated rings. The van der Waals surface area contributed by atoms with Crippen molar-refractivity contribution in [1.82, 2.24) is 5.32 Å². The van der Waals surface area contributed by atoms with Crippen LogP contribution >= 0.6 is 0 Å². The molecule has 0 spiro atoms. The number of hydrogen-bond acceptors (Lipinski definition) is 1. The minimum absolute atomic E-state index is 0.563. The predicted molar refractivity (Wildman–Crippen MR) is 54.4 cm³/mol. The van der Waals surface area contributed by atoms with Crippen molar-refractivity contribution in [3.05, 3.63) is 0 Å². The van der Waals surface area contributed by atoms with Crippen molar-refractivity contribution in [2.45, 2.75) is 64.3 Å². The van der Waals surface area contributed by atoms with Crippen LogP contribution < -0.4 is 5.32 Å². The number of unbranched alkanes of at least 4 members (excludes halogenated alkanes) is 2. The van der Waals surface area contributed by atoms with Gasteiger partial charge in [-0.3, -0.25) is 0 Å². The van der Waals surface area contributed by atoms with Crippen LogP contribution in [0, 0.1) is 0 Å². The van der Waals surface area contributed by atoms with Crippen molar-refractivity contribution < 1.29 is 0 Å². The molecule has 0 aromatic heterocycles. The molecule has 1 heteroatoms. The van der Waals surface area contributed by atoms with Gasteiger partial charge in [0.25, 0.3) is 0 Å². The summed E-state index contributed by atoms with van der Waals surface area (Å²) in [5.74, 6) is 0. The predicted octanol–water partition coefficient (Wildman–Crippen LogP) is 3.10. The van der Waals surface area contributed by atoms with Gasteiger partial charge in [0.2, 0.25) is 0 Å². The van der Waals surface area contributed by atoms with Gasteiger partial charge in [-0.2, -0.15) is 0 Å². The van der Waals surface area contributed by atoms with E-state index in [4.69, 9.17) is 0 Å². The van der Waals surface area contributed by atoms with E-state index in [2.05, 4.69) is 19.2 Å². The van der Waals surface area contributed by atoms with Crippen LogP contribution in [0.4, 0.5) is 0 Å². The lowest BCUT2D eigenvalue weighted by Crippen LogP contribution is -2.50. The zero-order valence-electron chi connectivity index (χ0n) is 8.66. The summed E-state index contributed by atoms with van der Waals surface area (Å²) in [6, 6.07) is 0. The van der Waals surface area contributed by atoms with Crippen molar-refractivity contribution in [1.29, 1.82) is 0 Å². The molecule has 0 unspecified atom stereocenters. The molecule has 0 heterocycles. The smallest absolute Gasteiger partial charge is 0.0178 e. The number of hydrogen-bond donors (Lipinski definition) is 1. The van der Waals surface area contributed by atoms with Crippen molar-refractivity contribution in [2.24, 2.45) is 0 Å². The lowest BCUT2D eigenvalue weighted by atomic mass is 9.75. The van der Waals surface area contributed by atoms with Gasteiger partial charge in [-0.05, 0) is 38.6 Å². The van der Waals surface area contributed by atoms with Crippen LogP contribution in [0.15, 0.2) is 0 Å². The Balaban J connectivity index is 2.04. The van der Waals surface area contributed by atoms with Crippen LogP contribution in [0.1, 0.15) is 58.8 Å². The molecule has 1 saturated carbocycles. The lowest BCUT2D eigenvalue weighted by molar-refractivity contribution is 0.177. The molecule has 1 aliphatic rings. The average molecular weight is 169 g/mol. The monoisotopic (exact) mass is 169 g/mol. The molecular weight excluding hydrogens is 146 g/mol. The van der Waals surface area contributed by atoms with Gasteiger partial charge in [0.1, 0.15) is 0 Å². The molecule has 1 rings (SSSR count). The maximum atomic E-state index is 3.72. The van der Waals surface area contributed by atoms with E-state index in [1.165, 1.54) is 51.5 Å². The molecule has 1 nitrogen and oxygen atoms in total. The molecule has 0 radical (unpaired) electrons. The van der Waals surface area contributed by atoms with E-state index < -0.39 is 0 Å². The Bertz CT molecular complexity index is 111. The van der Waals surface area contributed by atoms with Crippen molar-refractivity contribution in [3.63, 3.8) is 0 Å². The molecule has 0 aromatic rings. The Hall–Kier alpha value is -0.0400. The molecule has 72 valence electrons. The van der Waals surface area contributed by atoms with Crippen LogP contribution in [-0.4, -0.2) is 12.1 Å². The highest BCUT2D eigenvalue weighted by molar-refractivity contribution is 4.94. The third-order valence-corrected chi connectivity index (χ3v) is 3.27. The van der Waals surface area contributed by atoms with Crippen LogP contribution in [-0.2, 0) is 0 Å². The fourth-order valence-corrected chi connectivity index (χ4v) is 1.99. The van der Waals surface area contributed by atoms with E-state index in [0.717, 1.165) is 0 Å². The Labute approximate surface area is 76.9 Å². The zero-order chi connectivity index (χ0) is 8.86. The Kier molecular flexibility index (Phi) is 4.07. The van der Waals surface area contributed by atoms with E-state index in [1.54, 1.807) is 0 Å². The highest BCUT2D eigenvalue weighted by Gasteiger charge is 2.33. The summed E-state index contributed by atoms with van der Waals surface area (Å²) < 4.78 is 0. The second-order valence-electron chi connectivity index (χ2n) is 4.12. The molecule has 1 aliphatic carbocycles. The Morgan fingerprint density at radius 3 is 2.33 bits per heavy atom. The molecule has 0 aliphatic heterocycles. The summed E-state index contributed by atoms with van der Waals surface area (Å²) in [6.07, 6.45) is 9.66. The first-order valence-electron chi connectivity index (χ1n) is 5.58. The summed E-state index contributed by atoms with van der Waals surface area (Å²) >= 11 is 0. The van der Waals surface area contributed by atoms with E-state index in [-0.39, 0.29) is 0 Å². The van der Waals surface area contributed by atoms with Gasteiger partial charge in [-0.1, -0.05) is 26.7 Å². The van der Waals surface area contributed by atoms with Gasteiger partial charge in [0.15, 0.2) is 0 Å². The molecule has 0 aromatic carbocycles. The topological polar surface area (TPSA) is 12.0 Å². The van der Waals surface area contributed by atoms with Gasteiger partial charge in [-0.25, -0.2) is 0 Å². The standard InChI is InChI=1S/C11H23N/c1-3-5-6-10-12-11(4-2)8-7-9-11/h12H,3-10H2,1-2H3. The molecule has 0 bridgehead atoms. The maximum absolute atomic E-state index is 3.72. The fraction of sp³-hybridized carbons (Fsp3) is 1.00. The largest absolute Gasteiger partial charge is 0.311 e. The first kappa shape index (κ1) is 10.0. The van der Waals surface area contributed by atoms with Crippen LogP contribution in [0.3, 0.4) is 0 Å². The molecule has 1 N–H and O–H groups in total. The Morgan fingerprint density at radius 2 is 1.92 bits per heavy atom. The van der Waals surface area contributed by atoms with Crippen molar-refractivity contribution in [2.75, 3.05) is 6.54 Å². The SMILES string of the molecule is CCCCCNC1(CC)CCC1. The fourth-order valence-electron chi connectivity index (χ4n) is 1.99. The van der Waals surface area contributed by atoms with Crippen molar-refractivity contribution >= 4 is 0 Å². The highest BCUT2D eigenvalue weighted by atomic mass is 15.0. The van der Waals surface area contributed by atoms with E-state index in [0.29, 0.717) is 5.54 Å². The van der Waals surface area contributed by atoms with Gasteiger partial charge >= 0.3 is 0 Å². The van der Waals surface area contributed by atoms with Crippen molar-refractivity contribution in [3.8, 4) is 0 Å². The normalized spacial score (nSPS) is 20.5. The van der Waals surface area contributed by atoms with Gasteiger partial charge in [0, 0.05) is 5.54 Å². The van der Waals surface area contributed by atoms with E-state index >= 15 is 0 Å². The zero-order valence-corrected chi connectivity index (χ0v) is 8.66. The minimum atomic E-state index is 0.563. The van der Waals surface area contributed by atoms with E-state index in [1.807, 2.05) is 0 Å². The summed E-state index contributed by atoms with van der Waals surface area (Å²) in [7, 11) is 0. The number of rotatable bonds is 6. The summed E-state index contributed by atoms with van der Waals surface area (Å²) in [5.41, 5.74) is 0.563. The second-order valence-corrected chi connectivity index (χ2v) is 4.12. The Morgan fingerprint density at radius 1 is 1.17 bits per heavy atom. The summed E-state index contributed by atoms with van der Waals surface area (Å²) in [6.45, 7) is 5.81. The third kappa shape index (κ3) is 2.48. The lowest BCUT2D eigenvalue weighted by Gasteiger charge is -2.42. The average Bonchev–Trinajstić information content (AvgIpc) is 2.02. The van der Waals surface area contributed by atoms with Crippen LogP contribution in [0.2, 0.25) is 0 Å². The second kappa shape index (κ2) is 4.86. The summed E-state index contributed by atoms with van der Waals surface area (Å²) in [5, 5.41) is 3.72. The summed E-state index contributed by atoms with van der Waals surface area (Å²) in [4.78, 5) is 0. The van der Waals surface area contributed by atoms with Gasteiger partial charge < -0.3 is 5.32 Å². The maximum Gasteiger partial charge on any atom is 0.0178 e. The highest BCUT2D eigenvalue weighted by Crippen LogP contribution is 2.34. The molecule has 0 atom stereocenters. The van der Waals surface area contributed by atoms with Gasteiger partial charge in [0.05, 0.1) is 0 Å². The van der Waals surface area contributed by atoms with Crippen LogP contribution in [0.5, 0.6) is 0 Å². The quantitative estimate of drug-likeness (QED) is 0.602. The van der Waals surface area contributed by atoms with Gasteiger partial charge in [-0.15, -0.1) is 0 Å². The van der Waals surface area contributed by atoms with Crippen LogP contribution in [0.25, 0.3) is 0 Å². The molecular formula is C11H23N. The molecule has 12 heavy (non-hydrogen) atoms. The minimum Gasteiger partial charge on any atom is -0.311 e. The molecule has 0 saturated heterocycles. The van der Waals surface area contributed by atoms with E-state index in [9.17, 15) is 0 Å². The molecule has 0 amide bonds. The third-order valence-electron chi connectivity index (χ3n) is 3.27. The first-order chi connectivity index (χ1) is 5.83. The first-order valence-corrected chi connectivity index (χ1v) is 5.58.